The minimum Gasteiger partial charge on any atom is -0.435 e. The molecule has 4 aliphatic rings. The normalized spacial score (nSPS) is 36.8. The van der Waals surface area contributed by atoms with Gasteiger partial charge in [0.1, 0.15) is 5.75 Å². The topological polar surface area (TPSA) is 58.6 Å². The van der Waals surface area contributed by atoms with Gasteiger partial charge in [0, 0.05) is 5.69 Å². The number of aliphatic hydroxyl groups is 1. The van der Waals surface area contributed by atoms with Gasteiger partial charge in [-0.2, -0.15) is 8.78 Å². The molecule has 4 bridgehead atoms. The molecule has 1 aromatic rings. The molecule has 130 valence electrons. The van der Waals surface area contributed by atoms with Gasteiger partial charge in [0.25, 0.3) is 0 Å². The second-order valence-electron chi connectivity index (χ2n) is 7.82. The molecule has 0 aliphatic heterocycles. The highest BCUT2D eigenvalue weighted by Gasteiger charge is 2.60. The van der Waals surface area contributed by atoms with E-state index in [1.54, 1.807) is 12.1 Å². The Labute approximate surface area is 139 Å². The van der Waals surface area contributed by atoms with E-state index in [0.717, 1.165) is 32.1 Å². The highest BCUT2D eigenvalue weighted by atomic mass is 19.3. The Balaban J connectivity index is 1.48. The first kappa shape index (κ1) is 15.8. The highest BCUT2D eigenvalue weighted by Crippen LogP contribution is 2.61. The number of ether oxygens (including phenoxy) is 1. The van der Waals surface area contributed by atoms with E-state index >= 15 is 0 Å². The van der Waals surface area contributed by atoms with Gasteiger partial charge in [0.15, 0.2) is 0 Å². The molecule has 0 aromatic heterocycles. The van der Waals surface area contributed by atoms with E-state index in [0.29, 0.717) is 23.9 Å². The van der Waals surface area contributed by atoms with Gasteiger partial charge in [0.05, 0.1) is 11.0 Å². The van der Waals surface area contributed by atoms with Gasteiger partial charge in [-0.3, -0.25) is 4.79 Å². The predicted molar refractivity (Wildman–Crippen MR) is 83.8 cm³/mol. The average Bonchev–Trinajstić information content (AvgIpc) is 2.46. The third-order valence-corrected chi connectivity index (χ3v) is 5.85. The van der Waals surface area contributed by atoms with Crippen molar-refractivity contribution in [2.45, 2.75) is 50.7 Å². The van der Waals surface area contributed by atoms with Gasteiger partial charge >= 0.3 is 6.61 Å². The second kappa shape index (κ2) is 5.41. The third kappa shape index (κ3) is 2.77. The van der Waals surface area contributed by atoms with Crippen molar-refractivity contribution in [3.63, 3.8) is 0 Å². The summed E-state index contributed by atoms with van der Waals surface area (Å²) in [6.07, 6.45) is 4.97. The molecule has 4 aliphatic carbocycles. The highest BCUT2D eigenvalue weighted by molar-refractivity contribution is 5.95. The molecule has 0 spiro atoms. The summed E-state index contributed by atoms with van der Waals surface area (Å²) < 4.78 is 28.7. The molecule has 4 saturated carbocycles. The molecule has 0 heterocycles. The van der Waals surface area contributed by atoms with Crippen LogP contribution in [0.15, 0.2) is 24.3 Å². The Kier molecular flexibility index (Phi) is 3.56. The number of halogens is 2. The van der Waals surface area contributed by atoms with Crippen molar-refractivity contribution >= 4 is 11.6 Å². The lowest BCUT2D eigenvalue weighted by Gasteiger charge is -2.59. The van der Waals surface area contributed by atoms with Crippen molar-refractivity contribution in [3.05, 3.63) is 24.3 Å². The SMILES string of the molecule is O=C(Nc1ccc(OC(F)F)cc1)C12C[C@@H]3C[C@@H](CC(O)(C3)C1)C2. The summed E-state index contributed by atoms with van der Waals surface area (Å²) in [4.78, 5) is 12.9. The second-order valence-corrected chi connectivity index (χ2v) is 7.82. The van der Waals surface area contributed by atoms with Crippen LogP contribution < -0.4 is 10.1 Å². The fourth-order valence-corrected chi connectivity index (χ4v) is 5.46. The molecule has 5 rings (SSSR count). The lowest BCUT2D eigenvalue weighted by atomic mass is 9.47. The van der Waals surface area contributed by atoms with Crippen LogP contribution in [0.2, 0.25) is 0 Å². The number of carbonyl (C=O) groups excluding carboxylic acids is 1. The van der Waals surface area contributed by atoms with Gasteiger partial charge in [0.2, 0.25) is 5.91 Å². The number of hydrogen-bond donors (Lipinski definition) is 2. The summed E-state index contributed by atoms with van der Waals surface area (Å²) in [7, 11) is 0. The molecular formula is C18H21F2NO3. The molecule has 1 aromatic carbocycles. The molecular weight excluding hydrogens is 316 g/mol. The molecule has 6 heteroatoms. The monoisotopic (exact) mass is 337 g/mol. The minimum absolute atomic E-state index is 0.0578. The zero-order valence-electron chi connectivity index (χ0n) is 13.3. The van der Waals surface area contributed by atoms with Crippen LogP contribution in [-0.4, -0.2) is 23.2 Å². The van der Waals surface area contributed by atoms with Crippen LogP contribution >= 0.6 is 0 Å². The molecule has 1 amide bonds. The van der Waals surface area contributed by atoms with Crippen LogP contribution in [0.25, 0.3) is 0 Å². The maximum absolute atomic E-state index is 12.9. The van der Waals surface area contributed by atoms with E-state index < -0.39 is 17.6 Å². The molecule has 4 atom stereocenters. The van der Waals surface area contributed by atoms with Crippen LogP contribution in [0.4, 0.5) is 14.5 Å². The number of rotatable bonds is 4. The number of carbonyl (C=O) groups is 1. The maximum Gasteiger partial charge on any atom is 0.387 e. The number of nitrogens with one attached hydrogen (secondary N) is 1. The summed E-state index contributed by atoms with van der Waals surface area (Å²) in [5, 5.41) is 13.6. The van der Waals surface area contributed by atoms with E-state index in [9.17, 15) is 18.7 Å². The number of amides is 1. The lowest BCUT2D eigenvalue weighted by Crippen LogP contribution is -2.59. The molecule has 24 heavy (non-hydrogen) atoms. The Morgan fingerprint density at radius 3 is 2.33 bits per heavy atom. The fraction of sp³-hybridized carbons (Fsp3) is 0.611. The van der Waals surface area contributed by atoms with Gasteiger partial charge in [-0.05, 0) is 74.6 Å². The van der Waals surface area contributed by atoms with Crippen LogP contribution in [0.1, 0.15) is 38.5 Å². The summed E-state index contributed by atoms with van der Waals surface area (Å²) in [6.45, 7) is -2.86. The van der Waals surface area contributed by atoms with E-state index in [-0.39, 0.29) is 11.7 Å². The van der Waals surface area contributed by atoms with Gasteiger partial charge in [-0.1, -0.05) is 0 Å². The van der Waals surface area contributed by atoms with Crippen molar-refractivity contribution in [2.24, 2.45) is 17.3 Å². The van der Waals surface area contributed by atoms with E-state index in [4.69, 9.17) is 0 Å². The van der Waals surface area contributed by atoms with Crippen molar-refractivity contribution in [1.82, 2.24) is 0 Å². The fourth-order valence-electron chi connectivity index (χ4n) is 5.46. The lowest BCUT2D eigenvalue weighted by molar-refractivity contribution is -0.174. The Bertz CT molecular complexity index is 632. The zero-order valence-corrected chi connectivity index (χ0v) is 13.3. The summed E-state index contributed by atoms with van der Waals surface area (Å²) in [5.41, 5.74) is -0.614. The van der Waals surface area contributed by atoms with Crippen molar-refractivity contribution in [1.29, 1.82) is 0 Å². The van der Waals surface area contributed by atoms with Crippen LogP contribution in [0, 0.1) is 17.3 Å². The molecule has 4 nitrogen and oxygen atoms in total. The van der Waals surface area contributed by atoms with E-state index in [1.165, 1.54) is 12.1 Å². The first-order valence-corrected chi connectivity index (χ1v) is 8.45. The van der Waals surface area contributed by atoms with Crippen LogP contribution in [0.5, 0.6) is 5.75 Å². The quantitative estimate of drug-likeness (QED) is 0.883. The predicted octanol–water partition coefficient (Wildman–Crippen LogP) is 3.56. The summed E-state index contributed by atoms with van der Waals surface area (Å²) >= 11 is 0. The summed E-state index contributed by atoms with van der Waals surface area (Å²) in [5.74, 6) is 0.873. The molecule has 0 radical (unpaired) electrons. The Morgan fingerprint density at radius 1 is 1.17 bits per heavy atom. The first-order chi connectivity index (χ1) is 11.4. The number of alkyl halides is 2. The first-order valence-electron chi connectivity index (χ1n) is 8.45. The third-order valence-electron chi connectivity index (χ3n) is 5.85. The molecule has 0 saturated heterocycles. The number of hydrogen-bond acceptors (Lipinski definition) is 3. The maximum atomic E-state index is 12.9. The standard InChI is InChI=1S/C18H21F2NO3/c19-16(20)24-14-3-1-13(2-4-14)21-15(22)17-6-11-5-12(7-17)9-18(23,8-11)10-17/h1-4,11-12,16,23H,5-10H2,(H,21,22)/t11-,12+,17?,18?. The summed E-state index contributed by atoms with van der Waals surface area (Å²) in [6, 6.07) is 5.94. The smallest absolute Gasteiger partial charge is 0.387 e. The Morgan fingerprint density at radius 2 is 1.79 bits per heavy atom. The van der Waals surface area contributed by atoms with Crippen molar-refractivity contribution in [3.8, 4) is 5.75 Å². The van der Waals surface area contributed by atoms with Gasteiger partial charge in [-0.25, -0.2) is 0 Å². The van der Waals surface area contributed by atoms with Gasteiger partial charge < -0.3 is 15.2 Å². The van der Waals surface area contributed by atoms with Crippen LogP contribution in [-0.2, 0) is 4.79 Å². The van der Waals surface area contributed by atoms with Crippen molar-refractivity contribution in [2.75, 3.05) is 5.32 Å². The molecule has 2 unspecified atom stereocenters. The molecule has 4 fully saturated rings. The zero-order chi connectivity index (χ0) is 16.9. The van der Waals surface area contributed by atoms with Crippen molar-refractivity contribution < 1.29 is 23.4 Å². The minimum atomic E-state index is -2.86. The van der Waals surface area contributed by atoms with Gasteiger partial charge in [-0.15, -0.1) is 0 Å². The van der Waals surface area contributed by atoms with E-state index in [1.807, 2.05) is 0 Å². The Hall–Kier alpha value is -1.69. The largest absolute Gasteiger partial charge is 0.435 e. The average molecular weight is 337 g/mol. The number of benzene rings is 1. The molecule has 2 N–H and O–H groups in total. The van der Waals surface area contributed by atoms with E-state index in [2.05, 4.69) is 10.1 Å². The number of anilines is 1. The van der Waals surface area contributed by atoms with Crippen LogP contribution in [0.3, 0.4) is 0 Å².